The number of nitrogens with zero attached hydrogens (tertiary/aromatic N) is 2. The van der Waals surface area contributed by atoms with Gasteiger partial charge in [-0.3, -0.25) is 4.79 Å². The van der Waals surface area contributed by atoms with Crippen molar-refractivity contribution in [3.63, 3.8) is 0 Å². The molecule has 2 aromatic carbocycles. The summed E-state index contributed by atoms with van der Waals surface area (Å²) in [5.74, 6) is -0.379. The summed E-state index contributed by atoms with van der Waals surface area (Å²) in [5, 5.41) is 3.49. The van der Waals surface area contributed by atoms with E-state index in [1.165, 1.54) is 12.1 Å². The van der Waals surface area contributed by atoms with Crippen molar-refractivity contribution >= 4 is 45.3 Å². The summed E-state index contributed by atoms with van der Waals surface area (Å²) in [6.07, 6.45) is 0. The van der Waals surface area contributed by atoms with Crippen LogP contribution in [-0.2, 0) is 0 Å². The van der Waals surface area contributed by atoms with Crippen LogP contribution in [0.4, 0.5) is 21.0 Å². The number of benzene rings is 2. The van der Waals surface area contributed by atoms with E-state index in [0.717, 1.165) is 34.1 Å². The van der Waals surface area contributed by atoms with Crippen LogP contribution in [0.15, 0.2) is 60.7 Å². The van der Waals surface area contributed by atoms with Crippen LogP contribution in [0.2, 0.25) is 0 Å². The summed E-state index contributed by atoms with van der Waals surface area (Å²) in [6, 6.07) is 17.3. The third-order valence-electron chi connectivity index (χ3n) is 3.76. The van der Waals surface area contributed by atoms with Crippen molar-refractivity contribution in [2.24, 2.45) is 0 Å². The van der Waals surface area contributed by atoms with Crippen LogP contribution in [0.5, 0.6) is 0 Å². The third kappa shape index (κ3) is 3.71. The van der Waals surface area contributed by atoms with Crippen LogP contribution in [0.25, 0.3) is 11.3 Å². The van der Waals surface area contributed by atoms with Gasteiger partial charge in [-0.15, -0.1) is 0 Å². The van der Waals surface area contributed by atoms with Crippen LogP contribution in [0, 0.1) is 5.82 Å². The predicted molar refractivity (Wildman–Crippen MR) is 107 cm³/mol. The Labute approximate surface area is 162 Å². The molecule has 134 valence electrons. The second-order valence-corrected chi connectivity index (χ2v) is 7.44. The largest absolute Gasteiger partial charge is 0.382 e. The van der Waals surface area contributed by atoms with Gasteiger partial charge < -0.3 is 11.1 Å². The Hall–Kier alpha value is -3.10. The van der Waals surface area contributed by atoms with Crippen LogP contribution in [0.1, 0.15) is 14.5 Å². The second-order valence-electron chi connectivity index (χ2n) is 5.64. The maximum Gasteiger partial charge on any atom is 0.218 e. The Morgan fingerprint density at radius 3 is 2.56 bits per heavy atom. The number of anilines is 3. The third-order valence-corrected chi connectivity index (χ3v) is 5.53. The first kappa shape index (κ1) is 17.3. The highest BCUT2D eigenvalue weighted by Crippen LogP contribution is 2.31. The Bertz CT molecular complexity index is 1090. The van der Waals surface area contributed by atoms with Gasteiger partial charge in [0.25, 0.3) is 0 Å². The predicted octanol–water partition coefficient (Wildman–Crippen LogP) is 4.96. The average Bonchev–Trinajstić information content (AvgIpc) is 3.31. The number of nitrogens with one attached hydrogen (secondary N) is 1. The number of carbonyl (C=O) groups excluding carboxylic acids is 1. The maximum atomic E-state index is 13.0. The second kappa shape index (κ2) is 7.26. The molecule has 2 aromatic heterocycles. The molecule has 4 rings (SSSR count). The minimum atomic E-state index is -0.325. The standard InChI is InChI=1S/C19H13FN4OS2/c20-12-6-8-13(9-7-12)22-19-23-18(21)17(26-19)16(25)15-10-14(24-27-15)11-4-2-1-3-5-11/h1-10H,21H2,(H,22,23). The van der Waals surface area contributed by atoms with E-state index in [1.54, 1.807) is 18.2 Å². The van der Waals surface area contributed by atoms with Crippen molar-refractivity contribution in [3.05, 3.63) is 76.2 Å². The summed E-state index contributed by atoms with van der Waals surface area (Å²) in [6.45, 7) is 0. The molecule has 0 aliphatic rings. The van der Waals surface area contributed by atoms with Gasteiger partial charge in [-0.05, 0) is 41.9 Å². The normalized spacial score (nSPS) is 10.7. The average molecular weight is 396 g/mol. The lowest BCUT2D eigenvalue weighted by Crippen LogP contribution is -2.00. The zero-order valence-electron chi connectivity index (χ0n) is 13.8. The van der Waals surface area contributed by atoms with Crippen molar-refractivity contribution in [2.45, 2.75) is 0 Å². The number of halogens is 1. The number of carbonyl (C=O) groups is 1. The number of nitrogen functional groups attached to an aromatic ring is 1. The molecular formula is C19H13FN4OS2. The molecule has 8 heteroatoms. The van der Waals surface area contributed by atoms with Crippen LogP contribution < -0.4 is 11.1 Å². The molecule has 0 atom stereocenters. The van der Waals surface area contributed by atoms with Gasteiger partial charge in [0.05, 0.1) is 10.6 Å². The molecule has 0 aliphatic carbocycles. The highest BCUT2D eigenvalue weighted by atomic mass is 32.1. The number of hydrogen-bond acceptors (Lipinski definition) is 7. The van der Waals surface area contributed by atoms with Crippen molar-refractivity contribution in [1.29, 1.82) is 0 Å². The molecule has 27 heavy (non-hydrogen) atoms. The van der Waals surface area contributed by atoms with Crippen molar-refractivity contribution in [1.82, 2.24) is 9.36 Å². The minimum Gasteiger partial charge on any atom is -0.382 e. The number of aromatic nitrogens is 2. The summed E-state index contributed by atoms with van der Waals surface area (Å²) >= 11 is 2.29. The molecule has 5 nitrogen and oxygen atoms in total. The molecule has 0 saturated heterocycles. The SMILES string of the molecule is Nc1nc(Nc2ccc(F)cc2)sc1C(=O)c1cc(-c2ccccc2)ns1. The first-order chi connectivity index (χ1) is 13.1. The van der Waals surface area contributed by atoms with Crippen molar-refractivity contribution < 1.29 is 9.18 Å². The minimum absolute atomic E-state index is 0.157. The smallest absolute Gasteiger partial charge is 0.218 e. The molecular weight excluding hydrogens is 383 g/mol. The van der Waals surface area contributed by atoms with Gasteiger partial charge >= 0.3 is 0 Å². The Balaban J connectivity index is 1.57. The molecule has 0 spiro atoms. The quantitative estimate of drug-likeness (QED) is 0.466. The fraction of sp³-hybridized carbons (Fsp3) is 0. The van der Waals surface area contributed by atoms with Crippen LogP contribution >= 0.6 is 22.9 Å². The topological polar surface area (TPSA) is 80.9 Å². The van der Waals surface area contributed by atoms with E-state index in [-0.39, 0.29) is 17.4 Å². The Morgan fingerprint density at radius 2 is 1.81 bits per heavy atom. The molecule has 3 N–H and O–H groups in total. The van der Waals surface area contributed by atoms with E-state index >= 15 is 0 Å². The molecule has 0 radical (unpaired) electrons. The number of nitrogens with two attached hydrogens (primary N) is 1. The highest BCUT2D eigenvalue weighted by Gasteiger charge is 2.20. The first-order valence-corrected chi connectivity index (χ1v) is 9.55. The summed E-state index contributed by atoms with van der Waals surface area (Å²) in [4.78, 5) is 17.8. The molecule has 0 saturated carbocycles. The summed E-state index contributed by atoms with van der Waals surface area (Å²) in [5.41, 5.74) is 8.29. The number of ketones is 1. The maximum absolute atomic E-state index is 13.0. The van der Waals surface area contributed by atoms with E-state index in [4.69, 9.17) is 5.73 Å². The molecule has 2 heterocycles. The van der Waals surface area contributed by atoms with E-state index in [0.29, 0.717) is 20.6 Å². The molecule has 0 fully saturated rings. The lowest BCUT2D eigenvalue weighted by molar-refractivity contribution is 0.104. The van der Waals surface area contributed by atoms with E-state index in [1.807, 2.05) is 30.3 Å². The van der Waals surface area contributed by atoms with Gasteiger partial charge in [0.1, 0.15) is 16.5 Å². The van der Waals surface area contributed by atoms with Gasteiger partial charge in [0.2, 0.25) is 5.78 Å². The molecule has 0 bridgehead atoms. The fourth-order valence-corrected chi connectivity index (χ4v) is 4.07. The Morgan fingerprint density at radius 1 is 1.07 bits per heavy atom. The summed E-state index contributed by atoms with van der Waals surface area (Å²) in [7, 11) is 0. The molecule has 0 aliphatic heterocycles. The van der Waals surface area contributed by atoms with Gasteiger partial charge in [-0.1, -0.05) is 41.7 Å². The first-order valence-electron chi connectivity index (χ1n) is 7.96. The zero-order valence-corrected chi connectivity index (χ0v) is 15.5. The molecule has 0 unspecified atom stereocenters. The lowest BCUT2D eigenvalue weighted by Gasteiger charge is -2.00. The van der Waals surface area contributed by atoms with Crippen LogP contribution in [0.3, 0.4) is 0 Å². The zero-order chi connectivity index (χ0) is 18.8. The van der Waals surface area contributed by atoms with Crippen molar-refractivity contribution in [3.8, 4) is 11.3 Å². The van der Waals surface area contributed by atoms with Gasteiger partial charge in [-0.25, -0.2) is 9.37 Å². The summed E-state index contributed by atoms with van der Waals surface area (Å²) < 4.78 is 17.4. The molecule has 4 aromatic rings. The van der Waals surface area contributed by atoms with E-state index in [9.17, 15) is 9.18 Å². The number of rotatable bonds is 5. The lowest BCUT2D eigenvalue weighted by atomic mass is 10.1. The highest BCUT2D eigenvalue weighted by molar-refractivity contribution is 7.19. The van der Waals surface area contributed by atoms with Gasteiger partial charge in [-0.2, -0.15) is 4.37 Å². The monoisotopic (exact) mass is 396 g/mol. The van der Waals surface area contributed by atoms with Crippen molar-refractivity contribution in [2.75, 3.05) is 11.1 Å². The van der Waals surface area contributed by atoms with E-state index < -0.39 is 0 Å². The van der Waals surface area contributed by atoms with Gasteiger partial charge in [0.15, 0.2) is 5.13 Å². The number of hydrogen-bond donors (Lipinski definition) is 2. The Kier molecular flexibility index (Phi) is 4.66. The molecule has 0 amide bonds. The number of thiazole rings is 1. The van der Waals surface area contributed by atoms with E-state index in [2.05, 4.69) is 14.7 Å². The van der Waals surface area contributed by atoms with Gasteiger partial charge in [0, 0.05) is 11.3 Å². The van der Waals surface area contributed by atoms with Crippen LogP contribution in [-0.4, -0.2) is 15.1 Å². The fourth-order valence-electron chi connectivity index (χ4n) is 2.44.